The topological polar surface area (TPSA) is 71.0 Å². The summed E-state index contributed by atoms with van der Waals surface area (Å²) >= 11 is 0. The van der Waals surface area contributed by atoms with E-state index in [9.17, 15) is 10.2 Å². The molecule has 2 heterocycles. The van der Waals surface area contributed by atoms with Gasteiger partial charge in [-0.05, 0) is 0 Å². The van der Waals surface area contributed by atoms with Gasteiger partial charge < -0.3 is 25.0 Å². The molecule has 0 radical (unpaired) electrons. The summed E-state index contributed by atoms with van der Waals surface area (Å²) in [6, 6.07) is -0.311. The molecule has 2 rings (SSSR count). The summed E-state index contributed by atoms with van der Waals surface area (Å²) in [4.78, 5) is 0. The zero-order chi connectivity index (χ0) is 8.72. The number of hydrogen-bond acceptors (Lipinski definition) is 5. The quantitative estimate of drug-likeness (QED) is 0.432. The fourth-order valence-electron chi connectivity index (χ4n) is 1.79. The highest BCUT2D eigenvalue weighted by molar-refractivity contribution is 5.00. The Morgan fingerprint density at radius 3 is 2.83 bits per heavy atom. The molecule has 2 fully saturated rings. The number of aliphatic hydroxyl groups is 2. The van der Waals surface area contributed by atoms with E-state index in [-0.39, 0.29) is 12.1 Å². The Labute approximate surface area is 70.3 Å². The van der Waals surface area contributed by atoms with Gasteiger partial charge in [0.25, 0.3) is 0 Å². The molecule has 5 nitrogen and oxygen atoms in total. The van der Waals surface area contributed by atoms with Crippen LogP contribution in [0.15, 0.2) is 0 Å². The second-order valence-corrected chi connectivity index (χ2v) is 3.19. The second-order valence-electron chi connectivity index (χ2n) is 3.19. The third-order valence-electron chi connectivity index (χ3n) is 2.49. The average Bonchev–Trinajstić information content (AvgIpc) is 2.31. The van der Waals surface area contributed by atoms with E-state index in [0.29, 0.717) is 6.54 Å². The molecular weight excluding hydrogens is 162 g/mol. The van der Waals surface area contributed by atoms with Gasteiger partial charge >= 0.3 is 0 Å². The van der Waals surface area contributed by atoms with Crippen LogP contribution in [-0.2, 0) is 9.47 Å². The highest BCUT2D eigenvalue weighted by Gasteiger charge is 2.48. The minimum Gasteiger partial charge on any atom is -0.389 e. The van der Waals surface area contributed by atoms with Crippen LogP contribution in [0.25, 0.3) is 0 Å². The van der Waals surface area contributed by atoms with Gasteiger partial charge in [0.2, 0.25) is 0 Å². The van der Waals surface area contributed by atoms with Crippen LogP contribution < -0.4 is 5.32 Å². The predicted octanol–water partition coefficient (Wildman–Crippen LogP) is -1.95. The summed E-state index contributed by atoms with van der Waals surface area (Å²) in [5.41, 5.74) is 0. The molecule has 5 unspecified atom stereocenters. The van der Waals surface area contributed by atoms with Crippen LogP contribution in [0.1, 0.15) is 0 Å². The summed E-state index contributed by atoms with van der Waals surface area (Å²) in [7, 11) is 1.48. The van der Waals surface area contributed by atoms with Gasteiger partial charge in [0.15, 0.2) is 6.29 Å². The molecule has 3 N–H and O–H groups in total. The highest BCUT2D eigenvalue weighted by Crippen LogP contribution is 2.25. The number of rotatable bonds is 1. The van der Waals surface area contributed by atoms with Crippen molar-refractivity contribution in [1.82, 2.24) is 5.32 Å². The first-order valence-electron chi connectivity index (χ1n) is 4.02. The lowest BCUT2D eigenvalue weighted by molar-refractivity contribution is -0.245. The number of nitrogens with one attached hydrogen (secondary N) is 1. The van der Waals surface area contributed by atoms with Gasteiger partial charge in [-0.2, -0.15) is 0 Å². The Morgan fingerprint density at radius 1 is 1.42 bits per heavy atom. The van der Waals surface area contributed by atoms with Crippen LogP contribution in [0.3, 0.4) is 0 Å². The Bertz CT molecular complexity index is 177. The molecule has 2 saturated heterocycles. The number of fused-ring (bicyclic) bond motifs is 2. The number of aliphatic hydroxyl groups excluding tert-OH is 2. The van der Waals surface area contributed by atoms with E-state index in [0.717, 1.165) is 0 Å². The van der Waals surface area contributed by atoms with Gasteiger partial charge in [0, 0.05) is 13.7 Å². The van der Waals surface area contributed by atoms with Crippen molar-refractivity contribution >= 4 is 0 Å². The summed E-state index contributed by atoms with van der Waals surface area (Å²) < 4.78 is 10.2. The van der Waals surface area contributed by atoms with E-state index in [1.54, 1.807) is 0 Å². The molecule has 70 valence electrons. The molecule has 0 spiro atoms. The number of methoxy groups -OCH3 is 1. The summed E-state index contributed by atoms with van der Waals surface area (Å²) in [5.74, 6) is 0. The maximum absolute atomic E-state index is 9.55. The number of ether oxygens (including phenoxy) is 2. The average molecular weight is 175 g/mol. The monoisotopic (exact) mass is 175 g/mol. The van der Waals surface area contributed by atoms with Crippen LogP contribution in [0.2, 0.25) is 0 Å². The number of hydrogen-bond donors (Lipinski definition) is 3. The van der Waals surface area contributed by atoms with Crippen molar-refractivity contribution in [2.24, 2.45) is 0 Å². The van der Waals surface area contributed by atoms with Crippen molar-refractivity contribution < 1.29 is 19.7 Å². The zero-order valence-corrected chi connectivity index (χ0v) is 6.80. The third-order valence-corrected chi connectivity index (χ3v) is 2.49. The SMILES string of the molecule is COC1OC2CNC(C2O)C1O. The maximum Gasteiger partial charge on any atom is 0.185 e. The lowest BCUT2D eigenvalue weighted by atomic mass is 10.0. The van der Waals surface area contributed by atoms with Gasteiger partial charge in [-0.15, -0.1) is 0 Å². The normalized spacial score (nSPS) is 52.8. The van der Waals surface area contributed by atoms with Crippen LogP contribution in [-0.4, -0.2) is 54.5 Å². The summed E-state index contributed by atoms with van der Waals surface area (Å²) in [6.07, 6.45) is -2.27. The molecule has 2 aliphatic heterocycles. The molecule has 0 aromatic rings. The predicted molar refractivity (Wildman–Crippen MR) is 39.5 cm³/mol. The Balaban J connectivity index is 2.12. The molecule has 0 aliphatic carbocycles. The molecule has 0 aromatic carbocycles. The molecule has 0 aromatic heterocycles. The molecule has 2 bridgehead atoms. The van der Waals surface area contributed by atoms with Gasteiger partial charge in [0.05, 0.1) is 12.1 Å². The standard InChI is InChI=1S/C7H13NO4/c1-11-7-6(10)4-5(9)3(12-7)2-8-4/h3-10H,2H2,1H3. The molecule has 0 saturated carbocycles. The zero-order valence-electron chi connectivity index (χ0n) is 6.80. The first-order valence-corrected chi connectivity index (χ1v) is 4.02. The van der Waals surface area contributed by atoms with Crippen molar-refractivity contribution in [3.63, 3.8) is 0 Å². The van der Waals surface area contributed by atoms with Crippen LogP contribution in [0, 0.1) is 0 Å². The minimum atomic E-state index is -0.788. The van der Waals surface area contributed by atoms with Crippen molar-refractivity contribution in [2.75, 3.05) is 13.7 Å². The largest absolute Gasteiger partial charge is 0.389 e. The first kappa shape index (κ1) is 8.40. The molecule has 0 amide bonds. The first-order chi connectivity index (χ1) is 5.74. The second kappa shape index (κ2) is 2.93. The molecule has 2 aliphatic rings. The molecular formula is C7H13NO4. The minimum absolute atomic E-state index is 0.247. The lowest BCUT2D eigenvalue weighted by Gasteiger charge is -2.35. The van der Waals surface area contributed by atoms with Crippen molar-refractivity contribution in [1.29, 1.82) is 0 Å². The van der Waals surface area contributed by atoms with Crippen molar-refractivity contribution in [3.05, 3.63) is 0 Å². The van der Waals surface area contributed by atoms with Gasteiger partial charge in [-0.3, -0.25) is 0 Å². The van der Waals surface area contributed by atoms with E-state index in [1.807, 2.05) is 0 Å². The molecule has 12 heavy (non-hydrogen) atoms. The van der Waals surface area contributed by atoms with Gasteiger partial charge in [-0.25, -0.2) is 0 Å². The van der Waals surface area contributed by atoms with Gasteiger partial charge in [0.1, 0.15) is 12.2 Å². The summed E-state index contributed by atoms with van der Waals surface area (Å²) in [6.45, 7) is 0.572. The van der Waals surface area contributed by atoms with E-state index < -0.39 is 18.5 Å². The maximum atomic E-state index is 9.55. The van der Waals surface area contributed by atoms with E-state index >= 15 is 0 Å². The van der Waals surface area contributed by atoms with Gasteiger partial charge in [-0.1, -0.05) is 0 Å². The van der Waals surface area contributed by atoms with Crippen molar-refractivity contribution in [2.45, 2.75) is 30.6 Å². The van der Waals surface area contributed by atoms with Crippen LogP contribution in [0.4, 0.5) is 0 Å². The fraction of sp³-hybridized carbons (Fsp3) is 1.00. The Kier molecular flexibility index (Phi) is 2.05. The van der Waals surface area contributed by atoms with Crippen molar-refractivity contribution in [3.8, 4) is 0 Å². The third kappa shape index (κ3) is 1.06. The van der Waals surface area contributed by atoms with Crippen LogP contribution in [0.5, 0.6) is 0 Å². The summed E-state index contributed by atoms with van der Waals surface area (Å²) in [5, 5.41) is 22.0. The van der Waals surface area contributed by atoms with E-state index in [4.69, 9.17) is 9.47 Å². The van der Waals surface area contributed by atoms with E-state index in [1.165, 1.54) is 7.11 Å². The van der Waals surface area contributed by atoms with Crippen LogP contribution >= 0.6 is 0 Å². The highest BCUT2D eigenvalue weighted by atomic mass is 16.7. The molecule has 5 atom stereocenters. The Hall–Kier alpha value is -0.200. The van der Waals surface area contributed by atoms with E-state index in [2.05, 4.69) is 5.32 Å². The fourth-order valence-corrected chi connectivity index (χ4v) is 1.79. The smallest absolute Gasteiger partial charge is 0.185 e. The molecule has 5 heteroatoms. The lowest BCUT2D eigenvalue weighted by Crippen LogP contribution is -2.55. The Morgan fingerprint density at radius 2 is 2.17 bits per heavy atom.